The first-order valence-corrected chi connectivity index (χ1v) is 7.15. The topological polar surface area (TPSA) is 94.6 Å². The number of methoxy groups -OCH3 is 1. The molecule has 1 aromatic carbocycles. The summed E-state index contributed by atoms with van der Waals surface area (Å²) in [5.74, 6) is -1.98. The lowest BCUT2D eigenvalue weighted by Gasteiger charge is -2.10. The molecule has 8 heteroatoms. The number of esters is 2. The summed E-state index contributed by atoms with van der Waals surface area (Å²) in [4.78, 5) is 39.1. The van der Waals surface area contributed by atoms with E-state index in [1.807, 2.05) is 0 Å². The summed E-state index contributed by atoms with van der Waals surface area (Å²) in [5.41, 5.74) is 0.502. The van der Waals surface area contributed by atoms with Crippen molar-refractivity contribution < 1.29 is 23.9 Å². The number of nitrogens with zero attached hydrogens (tertiary/aromatic N) is 1. The predicted molar refractivity (Wildman–Crippen MR) is 85.9 cm³/mol. The Morgan fingerprint density at radius 2 is 1.79 bits per heavy atom. The number of hydrogen-bond donors (Lipinski definition) is 1. The van der Waals surface area contributed by atoms with Crippen LogP contribution in [0.4, 0.5) is 5.69 Å². The van der Waals surface area contributed by atoms with Gasteiger partial charge in [0.1, 0.15) is 5.15 Å². The van der Waals surface area contributed by atoms with Crippen LogP contribution in [0.1, 0.15) is 20.7 Å². The molecule has 0 saturated heterocycles. The van der Waals surface area contributed by atoms with Crippen molar-refractivity contribution in [3.8, 4) is 0 Å². The van der Waals surface area contributed by atoms with Crippen LogP contribution in [-0.4, -0.2) is 36.5 Å². The Hall–Kier alpha value is -2.93. The molecule has 1 aromatic heterocycles. The highest BCUT2D eigenvalue weighted by molar-refractivity contribution is 6.32. The molecule has 0 radical (unpaired) electrons. The monoisotopic (exact) mass is 348 g/mol. The van der Waals surface area contributed by atoms with Gasteiger partial charge in [-0.2, -0.15) is 0 Å². The molecule has 0 atom stereocenters. The van der Waals surface area contributed by atoms with E-state index in [0.717, 1.165) is 0 Å². The van der Waals surface area contributed by atoms with Gasteiger partial charge in [-0.1, -0.05) is 23.7 Å². The maximum atomic E-state index is 11.9. The summed E-state index contributed by atoms with van der Waals surface area (Å²) >= 11 is 5.77. The second-order valence-corrected chi connectivity index (χ2v) is 4.86. The quantitative estimate of drug-likeness (QED) is 0.658. The first kappa shape index (κ1) is 17.4. The normalized spacial score (nSPS) is 9.92. The number of rotatable bonds is 5. The van der Waals surface area contributed by atoms with Crippen molar-refractivity contribution in [1.82, 2.24) is 4.98 Å². The van der Waals surface area contributed by atoms with Gasteiger partial charge in [0.2, 0.25) is 0 Å². The van der Waals surface area contributed by atoms with Gasteiger partial charge in [0, 0.05) is 6.20 Å². The van der Waals surface area contributed by atoms with Gasteiger partial charge in [-0.05, 0) is 24.3 Å². The second-order valence-electron chi connectivity index (χ2n) is 4.50. The number of nitrogens with one attached hydrogen (secondary N) is 1. The highest BCUT2D eigenvalue weighted by atomic mass is 35.5. The molecule has 0 aliphatic rings. The third kappa shape index (κ3) is 4.30. The van der Waals surface area contributed by atoms with Crippen LogP contribution in [0.3, 0.4) is 0 Å². The molecule has 1 heterocycles. The summed E-state index contributed by atoms with van der Waals surface area (Å²) in [5, 5.41) is 2.47. The molecule has 2 aromatic rings. The number of carbonyl (C=O) groups is 3. The van der Waals surface area contributed by atoms with Gasteiger partial charge in [-0.3, -0.25) is 4.79 Å². The van der Waals surface area contributed by atoms with Crippen LogP contribution in [0.25, 0.3) is 0 Å². The molecule has 0 saturated carbocycles. The fourth-order valence-corrected chi connectivity index (χ4v) is 2.01. The third-order valence-electron chi connectivity index (χ3n) is 2.92. The number of hydrogen-bond acceptors (Lipinski definition) is 6. The van der Waals surface area contributed by atoms with Crippen LogP contribution in [0.2, 0.25) is 5.15 Å². The standard InChI is InChI=1S/C16H13ClN2O5/c1-23-15(21)10-5-2-3-7-12(10)19-13(20)9-24-16(22)11-6-4-8-18-14(11)17/h2-8H,9H2,1H3,(H,19,20). The molecular weight excluding hydrogens is 336 g/mol. The van der Waals surface area contributed by atoms with E-state index in [1.165, 1.54) is 37.6 Å². The van der Waals surface area contributed by atoms with Gasteiger partial charge in [0.15, 0.2) is 6.61 Å². The minimum absolute atomic E-state index is 0.0149. The van der Waals surface area contributed by atoms with Crippen LogP contribution in [-0.2, 0) is 14.3 Å². The molecule has 124 valence electrons. The minimum Gasteiger partial charge on any atom is -0.465 e. The molecule has 0 unspecified atom stereocenters. The van der Waals surface area contributed by atoms with Gasteiger partial charge < -0.3 is 14.8 Å². The molecule has 0 fully saturated rings. The van der Waals surface area contributed by atoms with E-state index in [2.05, 4.69) is 15.0 Å². The van der Waals surface area contributed by atoms with Crippen molar-refractivity contribution in [3.05, 3.63) is 58.9 Å². The van der Waals surface area contributed by atoms with E-state index in [4.69, 9.17) is 16.3 Å². The summed E-state index contributed by atoms with van der Waals surface area (Å²) in [6.07, 6.45) is 1.43. The zero-order valence-electron chi connectivity index (χ0n) is 12.6. The Morgan fingerprint density at radius 1 is 1.08 bits per heavy atom. The Labute approximate surface area is 142 Å². The number of aromatic nitrogens is 1. The predicted octanol–water partition coefficient (Wildman–Crippen LogP) is 2.32. The average molecular weight is 349 g/mol. The van der Waals surface area contributed by atoms with Gasteiger partial charge >= 0.3 is 11.9 Å². The first-order chi connectivity index (χ1) is 11.5. The Balaban J connectivity index is 1.99. The van der Waals surface area contributed by atoms with E-state index in [-0.39, 0.29) is 22.0 Å². The van der Waals surface area contributed by atoms with Crippen LogP contribution >= 0.6 is 11.6 Å². The van der Waals surface area contributed by atoms with E-state index >= 15 is 0 Å². The number of anilines is 1. The zero-order chi connectivity index (χ0) is 17.5. The first-order valence-electron chi connectivity index (χ1n) is 6.77. The fraction of sp³-hybridized carbons (Fsp3) is 0.125. The molecule has 7 nitrogen and oxygen atoms in total. The molecule has 0 bridgehead atoms. The highest BCUT2D eigenvalue weighted by Crippen LogP contribution is 2.16. The maximum Gasteiger partial charge on any atom is 0.341 e. The molecule has 0 aliphatic carbocycles. The fourth-order valence-electron chi connectivity index (χ4n) is 1.81. The molecule has 0 aliphatic heterocycles. The lowest BCUT2D eigenvalue weighted by atomic mass is 10.2. The number of pyridine rings is 1. The maximum absolute atomic E-state index is 11.9. The SMILES string of the molecule is COC(=O)c1ccccc1NC(=O)COC(=O)c1cccnc1Cl. The minimum atomic E-state index is -0.774. The summed E-state index contributed by atoms with van der Waals surface area (Å²) in [7, 11) is 1.24. The van der Waals surface area contributed by atoms with Crippen LogP contribution in [0.15, 0.2) is 42.6 Å². The van der Waals surface area contributed by atoms with E-state index in [9.17, 15) is 14.4 Å². The third-order valence-corrected chi connectivity index (χ3v) is 3.22. The highest BCUT2D eigenvalue weighted by Gasteiger charge is 2.16. The number of ether oxygens (including phenoxy) is 2. The van der Waals surface area contributed by atoms with E-state index in [0.29, 0.717) is 0 Å². The molecule has 1 N–H and O–H groups in total. The van der Waals surface area contributed by atoms with Crippen LogP contribution in [0, 0.1) is 0 Å². The van der Waals surface area contributed by atoms with E-state index < -0.39 is 24.5 Å². The zero-order valence-corrected chi connectivity index (χ0v) is 13.4. The van der Waals surface area contributed by atoms with Crippen LogP contribution < -0.4 is 5.32 Å². The van der Waals surface area contributed by atoms with Gasteiger partial charge in [0.25, 0.3) is 5.91 Å². The number of benzene rings is 1. The van der Waals surface area contributed by atoms with Crippen molar-refractivity contribution in [2.75, 3.05) is 19.0 Å². The Bertz CT molecular complexity index is 779. The smallest absolute Gasteiger partial charge is 0.341 e. The number of halogens is 1. The van der Waals surface area contributed by atoms with E-state index in [1.54, 1.807) is 12.1 Å². The van der Waals surface area contributed by atoms with Crippen LogP contribution in [0.5, 0.6) is 0 Å². The Morgan fingerprint density at radius 3 is 2.50 bits per heavy atom. The molecular formula is C16H13ClN2O5. The lowest BCUT2D eigenvalue weighted by Crippen LogP contribution is -2.22. The second kappa shape index (κ2) is 8.07. The largest absolute Gasteiger partial charge is 0.465 e. The van der Waals surface area contributed by atoms with Crippen molar-refractivity contribution in [3.63, 3.8) is 0 Å². The van der Waals surface area contributed by atoms with Gasteiger partial charge in [0.05, 0.1) is 23.9 Å². The number of carbonyl (C=O) groups excluding carboxylic acids is 3. The Kier molecular flexibility index (Phi) is 5.86. The van der Waals surface area contributed by atoms with Gasteiger partial charge in [-0.25, -0.2) is 14.6 Å². The number of para-hydroxylation sites is 1. The summed E-state index contributed by atoms with van der Waals surface area (Å²) in [6, 6.07) is 9.26. The average Bonchev–Trinajstić information content (AvgIpc) is 2.60. The number of amides is 1. The van der Waals surface area contributed by atoms with Crippen molar-refractivity contribution in [1.29, 1.82) is 0 Å². The summed E-state index contributed by atoms with van der Waals surface area (Å²) in [6.45, 7) is -0.542. The molecule has 24 heavy (non-hydrogen) atoms. The summed E-state index contributed by atoms with van der Waals surface area (Å²) < 4.78 is 9.51. The van der Waals surface area contributed by atoms with Crippen molar-refractivity contribution >= 4 is 35.1 Å². The van der Waals surface area contributed by atoms with Gasteiger partial charge in [-0.15, -0.1) is 0 Å². The lowest BCUT2D eigenvalue weighted by molar-refractivity contribution is -0.119. The molecule has 2 rings (SSSR count). The van der Waals surface area contributed by atoms with Crippen molar-refractivity contribution in [2.24, 2.45) is 0 Å². The molecule has 1 amide bonds. The van der Waals surface area contributed by atoms with Crippen molar-refractivity contribution in [2.45, 2.75) is 0 Å². The molecule has 0 spiro atoms.